The zero-order valence-corrected chi connectivity index (χ0v) is 12.6. The minimum Gasteiger partial charge on any atom is -0.347 e. The lowest BCUT2D eigenvalue weighted by molar-refractivity contribution is 0.499. The fourth-order valence-corrected chi connectivity index (χ4v) is 4.18. The highest BCUT2D eigenvalue weighted by molar-refractivity contribution is 5.48. The second kappa shape index (κ2) is 5.08. The molecule has 4 rings (SSSR count). The molecule has 0 amide bonds. The Morgan fingerprint density at radius 1 is 1.14 bits per heavy atom. The first kappa shape index (κ1) is 13.2. The summed E-state index contributed by atoms with van der Waals surface area (Å²) in [4.78, 5) is 10.6. The highest BCUT2D eigenvalue weighted by Crippen LogP contribution is 2.45. The van der Waals surface area contributed by atoms with Crippen LogP contribution >= 0.6 is 0 Å². The van der Waals surface area contributed by atoms with E-state index in [1.165, 1.54) is 38.4 Å². The van der Waals surface area contributed by atoms with Crippen LogP contribution in [0, 0.1) is 5.82 Å². The molecule has 3 heterocycles. The van der Waals surface area contributed by atoms with E-state index in [4.69, 9.17) is 0 Å². The third kappa shape index (κ3) is 2.07. The second-order valence-electron chi connectivity index (χ2n) is 6.57. The largest absolute Gasteiger partial charge is 0.347 e. The number of halogens is 1. The van der Waals surface area contributed by atoms with Crippen LogP contribution < -0.4 is 4.90 Å². The van der Waals surface area contributed by atoms with Crippen LogP contribution in [0.3, 0.4) is 0 Å². The van der Waals surface area contributed by atoms with Crippen LogP contribution in [-0.4, -0.2) is 22.1 Å². The zero-order valence-electron chi connectivity index (χ0n) is 12.6. The summed E-state index contributed by atoms with van der Waals surface area (Å²) < 4.78 is 14.6. The number of piperidine rings is 1. The van der Waals surface area contributed by atoms with E-state index in [2.05, 4.69) is 14.9 Å². The summed E-state index contributed by atoms with van der Waals surface area (Å²) in [7, 11) is 0. The molecule has 3 aliphatic rings. The van der Waals surface area contributed by atoms with E-state index < -0.39 is 0 Å². The molecule has 2 bridgehead atoms. The lowest BCUT2D eigenvalue weighted by atomic mass is 9.82. The van der Waals surface area contributed by atoms with Gasteiger partial charge in [0.05, 0.1) is 5.69 Å². The smallest absolute Gasteiger partial charge is 0.187 e. The average molecular weight is 287 g/mol. The van der Waals surface area contributed by atoms with Crippen molar-refractivity contribution < 1.29 is 4.39 Å². The van der Waals surface area contributed by atoms with Gasteiger partial charge >= 0.3 is 0 Å². The van der Waals surface area contributed by atoms with Crippen LogP contribution in [0.4, 0.5) is 10.2 Å². The van der Waals surface area contributed by atoms with E-state index in [9.17, 15) is 4.39 Å². The summed E-state index contributed by atoms with van der Waals surface area (Å²) in [5.41, 5.74) is 3.92. The topological polar surface area (TPSA) is 29.0 Å². The first-order valence-corrected chi connectivity index (χ1v) is 8.25. The van der Waals surface area contributed by atoms with Gasteiger partial charge in [0.15, 0.2) is 11.6 Å². The number of aromatic nitrogens is 2. The van der Waals surface area contributed by atoms with Gasteiger partial charge in [-0.15, -0.1) is 0 Å². The molecule has 21 heavy (non-hydrogen) atoms. The summed E-state index contributed by atoms with van der Waals surface area (Å²) in [5.74, 6) is 0.351. The van der Waals surface area contributed by atoms with Gasteiger partial charge in [0.2, 0.25) is 0 Å². The van der Waals surface area contributed by atoms with Gasteiger partial charge < -0.3 is 4.90 Å². The summed E-state index contributed by atoms with van der Waals surface area (Å²) >= 11 is 0. The summed E-state index contributed by atoms with van der Waals surface area (Å²) in [6.45, 7) is 1.94. The van der Waals surface area contributed by atoms with E-state index in [-0.39, 0.29) is 5.82 Å². The van der Waals surface area contributed by atoms with Crippen LogP contribution in [0.15, 0.2) is 17.5 Å². The van der Waals surface area contributed by atoms with Crippen molar-refractivity contribution in [1.82, 2.24) is 9.97 Å². The molecule has 0 N–H and O–H groups in total. The lowest BCUT2D eigenvalue weighted by Gasteiger charge is -2.39. The van der Waals surface area contributed by atoms with Crippen molar-refractivity contribution in [1.29, 1.82) is 0 Å². The predicted molar refractivity (Wildman–Crippen MR) is 80.8 cm³/mol. The highest BCUT2D eigenvalue weighted by Gasteiger charge is 2.41. The fraction of sp³-hybridized carbons (Fsp3) is 0.647. The molecular formula is C17H22FN3. The molecule has 2 atom stereocenters. The number of fused-ring (bicyclic) bond motifs is 2. The molecule has 0 spiro atoms. The van der Waals surface area contributed by atoms with Gasteiger partial charge in [-0.3, -0.25) is 0 Å². The van der Waals surface area contributed by atoms with Gasteiger partial charge in [-0.05, 0) is 51.4 Å². The minimum absolute atomic E-state index is 0.198. The van der Waals surface area contributed by atoms with Crippen LogP contribution in [0.5, 0.6) is 0 Å². The molecular weight excluding hydrogens is 265 g/mol. The second-order valence-corrected chi connectivity index (χ2v) is 6.57. The number of anilines is 1. The standard InChI is InChI=1S/C17H22FN3/c1-2-15-16(18)17(20-10-19-15)21-13-6-7-14(21)9-12(8-13)11-4-3-5-11/h10,13-14H,2-9H2,1H3. The number of allylic oxidation sites excluding steroid dienone is 1. The van der Waals surface area contributed by atoms with Gasteiger partial charge in [-0.1, -0.05) is 18.1 Å². The van der Waals surface area contributed by atoms with Gasteiger partial charge in [0, 0.05) is 12.1 Å². The fourth-order valence-electron chi connectivity index (χ4n) is 4.18. The molecule has 1 aromatic heterocycles. The first-order chi connectivity index (χ1) is 10.3. The van der Waals surface area contributed by atoms with Crippen molar-refractivity contribution >= 4 is 5.82 Å². The summed E-state index contributed by atoms with van der Waals surface area (Å²) in [5, 5.41) is 0. The van der Waals surface area contributed by atoms with Gasteiger partial charge in [-0.2, -0.15) is 0 Å². The molecule has 1 aromatic rings. The van der Waals surface area contributed by atoms with Crippen LogP contribution in [0.2, 0.25) is 0 Å². The van der Waals surface area contributed by atoms with E-state index in [1.54, 1.807) is 11.1 Å². The van der Waals surface area contributed by atoms with E-state index >= 15 is 0 Å². The Hall–Kier alpha value is -1.45. The van der Waals surface area contributed by atoms with Crippen molar-refractivity contribution in [2.24, 2.45) is 0 Å². The third-order valence-corrected chi connectivity index (χ3v) is 5.46. The Kier molecular flexibility index (Phi) is 3.20. The molecule has 3 nitrogen and oxygen atoms in total. The highest BCUT2D eigenvalue weighted by atomic mass is 19.1. The van der Waals surface area contributed by atoms with Crippen molar-refractivity contribution in [2.45, 2.75) is 70.4 Å². The van der Waals surface area contributed by atoms with Gasteiger partial charge in [0.1, 0.15) is 6.33 Å². The third-order valence-electron chi connectivity index (χ3n) is 5.46. The number of aryl methyl sites for hydroxylation is 1. The lowest BCUT2D eigenvalue weighted by Crippen LogP contribution is -2.42. The summed E-state index contributed by atoms with van der Waals surface area (Å²) in [6, 6.07) is 0.891. The molecule has 4 heteroatoms. The van der Waals surface area contributed by atoms with Crippen molar-refractivity contribution in [3.63, 3.8) is 0 Å². The average Bonchev–Trinajstić information content (AvgIpc) is 2.68. The maximum Gasteiger partial charge on any atom is 0.187 e. The normalized spacial score (nSPS) is 28.0. The van der Waals surface area contributed by atoms with E-state index in [0.717, 1.165) is 12.8 Å². The van der Waals surface area contributed by atoms with Crippen LogP contribution in [0.25, 0.3) is 0 Å². The van der Waals surface area contributed by atoms with E-state index in [1.807, 2.05) is 6.92 Å². The Labute approximate surface area is 125 Å². The van der Waals surface area contributed by atoms with Crippen molar-refractivity contribution in [3.8, 4) is 0 Å². The molecule has 3 fully saturated rings. The maximum atomic E-state index is 14.6. The molecule has 0 aromatic carbocycles. The zero-order chi connectivity index (χ0) is 14.4. The van der Waals surface area contributed by atoms with Crippen molar-refractivity contribution in [3.05, 3.63) is 29.0 Å². The molecule has 0 radical (unpaired) electrons. The molecule has 1 saturated carbocycles. The van der Waals surface area contributed by atoms with Crippen molar-refractivity contribution in [2.75, 3.05) is 4.90 Å². The molecule has 2 unspecified atom stereocenters. The Morgan fingerprint density at radius 3 is 2.43 bits per heavy atom. The maximum absolute atomic E-state index is 14.6. The van der Waals surface area contributed by atoms with Crippen LogP contribution in [0.1, 0.15) is 57.6 Å². The molecule has 1 aliphatic carbocycles. The van der Waals surface area contributed by atoms with Gasteiger partial charge in [-0.25, -0.2) is 14.4 Å². The Morgan fingerprint density at radius 2 is 1.86 bits per heavy atom. The SMILES string of the molecule is CCc1ncnc(N2C3CCC2CC(=C2CCC2)C3)c1F. The number of hydrogen-bond donors (Lipinski definition) is 0. The Bertz CT molecular complexity index is 574. The van der Waals surface area contributed by atoms with Crippen LogP contribution in [-0.2, 0) is 6.42 Å². The Balaban J connectivity index is 1.66. The number of hydrogen-bond acceptors (Lipinski definition) is 3. The minimum atomic E-state index is -0.198. The number of nitrogens with zero attached hydrogens (tertiary/aromatic N) is 3. The number of rotatable bonds is 2. The molecule has 112 valence electrons. The first-order valence-electron chi connectivity index (χ1n) is 8.25. The van der Waals surface area contributed by atoms with Gasteiger partial charge in [0.25, 0.3) is 0 Å². The molecule has 2 aliphatic heterocycles. The molecule has 2 saturated heterocycles. The summed E-state index contributed by atoms with van der Waals surface area (Å²) in [6.07, 6.45) is 10.7. The monoisotopic (exact) mass is 287 g/mol. The predicted octanol–water partition coefficient (Wildman–Crippen LogP) is 3.79. The quantitative estimate of drug-likeness (QED) is 0.775. The van der Waals surface area contributed by atoms with E-state index in [0.29, 0.717) is 30.0 Å².